The Kier molecular flexibility index (Phi) is 3.87. The average molecular weight is 296 g/mol. The number of anilines is 1. The Labute approximate surface area is 106 Å². The van der Waals surface area contributed by atoms with Gasteiger partial charge in [0.05, 0.1) is 0 Å². The van der Waals surface area contributed by atoms with Crippen molar-refractivity contribution in [1.82, 2.24) is 10.2 Å². The van der Waals surface area contributed by atoms with Crippen LogP contribution in [-0.4, -0.2) is 21.4 Å². The highest BCUT2D eigenvalue weighted by Gasteiger charge is 2.10. The quantitative estimate of drug-likeness (QED) is 0.880. The molecule has 17 heavy (non-hydrogen) atoms. The maximum Gasteiger partial charge on any atom is 0.322 e. The minimum atomic E-state index is -0.162. The highest BCUT2D eigenvalue weighted by Crippen LogP contribution is 2.18. The highest BCUT2D eigenvalue weighted by atomic mass is 79.9. The van der Waals surface area contributed by atoms with Crippen molar-refractivity contribution in [3.63, 3.8) is 0 Å². The molecule has 0 aliphatic rings. The average Bonchev–Trinajstić information content (AvgIpc) is 2.79. The number of nitrogens with zero attached hydrogens (tertiary/aromatic N) is 2. The third-order valence-corrected chi connectivity index (χ3v) is 2.41. The summed E-state index contributed by atoms with van der Waals surface area (Å²) in [6, 6.07) is 9.49. The number of rotatable bonds is 4. The molecule has 1 amide bonds. The molecule has 0 bridgehead atoms. The summed E-state index contributed by atoms with van der Waals surface area (Å²) in [6.07, 6.45) is 0.364. The number of hydrogen-bond acceptors (Lipinski definition) is 4. The van der Waals surface area contributed by atoms with E-state index < -0.39 is 0 Å². The number of halogens is 1. The Morgan fingerprint density at radius 3 is 2.76 bits per heavy atom. The lowest BCUT2D eigenvalue weighted by Crippen LogP contribution is -2.11. The lowest BCUT2D eigenvalue weighted by molar-refractivity contribution is -0.115. The van der Waals surface area contributed by atoms with Crippen LogP contribution in [0.15, 0.2) is 34.7 Å². The molecule has 1 aromatic carbocycles. The van der Waals surface area contributed by atoms with Crippen molar-refractivity contribution in [1.29, 1.82) is 0 Å². The first-order valence-electron chi connectivity index (χ1n) is 5.04. The van der Waals surface area contributed by atoms with Gasteiger partial charge in [0.2, 0.25) is 11.8 Å². The molecule has 1 aromatic heterocycles. The Morgan fingerprint density at radius 2 is 2.06 bits per heavy atom. The normalized spacial score (nSPS) is 10.2. The molecule has 1 N–H and O–H groups in total. The molecule has 0 unspecified atom stereocenters. The fraction of sp³-hybridized carbons (Fsp3) is 0.182. The van der Waals surface area contributed by atoms with Crippen LogP contribution in [0.25, 0.3) is 11.5 Å². The van der Waals surface area contributed by atoms with E-state index in [0.29, 0.717) is 17.6 Å². The summed E-state index contributed by atoms with van der Waals surface area (Å²) >= 11 is 3.18. The number of amides is 1. The maximum absolute atomic E-state index is 11.3. The van der Waals surface area contributed by atoms with Crippen molar-refractivity contribution in [3.8, 4) is 11.5 Å². The van der Waals surface area contributed by atoms with E-state index in [1.54, 1.807) is 0 Å². The fourth-order valence-corrected chi connectivity index (χ4v) is 1.60. The molecule has 2 aromatic rings. The van der Waals surface area contributed by atoms with Gasteiger partial charge in [0.25, 0.3) is 0 Å². The largest absolute Gasteiger partial charge is 0.403 e. The van der Waals surface area contributed by atoms with Crippen molar-refractivity contribution >= 4 is 27.9 Å². The van der Waals surface area contributed by atoms with E-state index in [0.717, 1.165) is 5.56 Å². The number of benzene rings is 1. The Balaban J connectivity index is 2.09. The van der Waals surface area contributed by atoms with Gasteiger partial charge in [-0.2, -0.15) is 0 Å². The summed E-state index contributed by atoms with van der Waals surface area (Å²) in [6.45, 7) is 0. The van der Waals surface area contributed by atoms with E-state index in [2.05, 4.69) is 31.4 Å². The van der Waals surface area contributed by atoms with Crippen molar-refractivity contribution < 1.29 is 9.21 Å². The molecule has 0 saturated heterocycles. The fourth-order valence-electron chi connectivity index (χ4n) is 1.24. The Bertz CT molecular complexity index is 498. The summed E-state index contributed by atoms with van der Waals surface area (Å²) in [4.78, 5) is 11.3. The van der Waals surface area contributed by atoms with E-state index in [1.807, 2.05) is 30.3 Å². The minimum absolute atomic E-state index is 0.120. The lowest BCUT2D eigenvalue weighted by atomic mass is 10.2. The molecule has 6 heteroatoms. The van der Waals surface area contributed by atoms with Crippen molar-refractivity contribution in [3.05, 3.63) is 30.3 Å². The summed E-state index contributed by atoms with van der Waals surface area (Å²) in [7, 11) is 0. The van der Waals surface area contributed by atoms with Crippen LogP contribution in [0.3, 0.4) is 0 Å². The predicted octanol–water partition coefficient (Wildman–Crippen LogP) is 2.46. The minimum Gasteiger partial charge on any atom is -0.403 e. The van der Waals surface area contributed by atoms with Gasteiger partial charge in [-0.1, -0.05) is 39.2 Å². The standard InChI is InChI=1S/C11H10BrN3O2/c12-7-6-9(16)13-11-15-14-10(17-11)8-4-2-1-3-5-8/h1-5H,6-7H2,(H,13,15,16). The van der Waals surface area contributed by atoms with Crippen molar-refractivity contribution in [2.75, 3.05) is 10.6 Å². The van der Waals surface area contributed by atoms with Gasteiger partial charge in [-0.25, -0.2) is 0 Å². The number of carbonyl (C=O) groups excluding carboxylic acids is 1. The summed E-state index contributed by atoms with van der Waals surface area (Å²) < 4.78 is 5.32. The van der Waals surface area contributed by atoms with E-state index in [9.17, 15) is 4.79 Å². The topological polar surface area (TPSA) is 68.0 Å². The van der Waals surface area contributed by atoms with Gasteiger partial charge in [-0.15, -0.1) is 5.10 Å². The number of carbonyl (C=O) groups is 1. The van der Waals surface area contributed by atoms with Crippen LogP contribution in [-0.2, 0) is 4.79 Å². The number of alkyl halides is 1. The van der Waals surface area contributed by atoms with Crippen LogP contribution < -0.4 is 5.32 Å². The van der Waals surface area contributed by atoms with Gasteiger partial charge < -0.3 is 4.42 Å². The van der Waals surface area contributed by atoms with Gasteiger partial charge in [-0.3, -0.25) is 10.1 Å². The monoisotopic (exact) mass is 295 g/mol. The molecule has 88 valence electrons. The van der Waals surface area contributed by atoms with Gasteiger partial charge >= 0.3 is 6.01 Å². The molecule has 0 aliphatic carbocycles. The van der Waals surface area contributed by atoms with Crippen LogP contribution in [0, 0.1) is 0 Å². The summed E-state index contributed by atoms with van der Waals surface area (Å²) in [5, 5.41) is 10.7. The molecular weight excluding hydrogens is 286 g/mol. The molecule has 1 heterocycles. The molecule has 0 aliphatic heterocycles. The van der Waals surface area contributed by atoms with Gasteiger partial charge in [-0.05, 0) is 12.1 Å². The maximum atomic E-state index is 11.3. The first-order valence-corrected chi connectivity index (χ1v) is 6.16. The number of nitrogens with one attached hydrogen (secondary N) is 1. The van der Waals surface area contributed by atoms with Crippen LogP contribution in [0.1, 0.15) is 6.42 Å². The third kappa shape index (κ3) is 3.13. The van der Waals surface area contributed by atoms with Gasteiger partial charge in [0.1, 0.15) is 0 Å². The molecule has 2 rings (SSSR count). The third-order valence-electron chi connectivity index (χ3n) is 2.01. The zero-order valence-electron chi connectivity index (χ0n) is 8.89. The van der Waals surface area contributed by atoms with Crippen molar-refractivity contribution in [2.24, 2.45) is 0 Å². The molecular formula is C11H10BrN3O2. The molecule has 0 fully saturated rings. The van der Waals surface area contributed by atoms with Gasteiger partial charge in [0, 0.05) is 17.3 Å². The Hall–Kier alpha value is -1.69. The molecule has 5 nitrogen and oxygen atoms in total. The predicted molar refractivity (Wildman–Crippen MR) is 66.8 cm³/mol. The molecule has 0 radical (unpaired) electrons. The van der Waals surface area contributed by atoms with E-state index >= 15 is 0 Å². The first kappa shape index (κ1) is 11.8. The summed E-state index contributed by atoms with van der Waals surface area (Å²) in [5.74, 6) is 0.227. The zero-order valence-corrected chi connectivity index (χ0v) is 10.5. The Morgan fingerprint density at radius 1 is 1.29 bits per heavy atom. The first-order chi connectivity index (χ1) is 8.29. The van der Waals surface area contributed by atoms with Crippen LogP contribution in [0.5, 0.6) is 0 Å². The zero-order chi connectivity index (χ0) is 12.1. The number of aromatic nitrogens is 2. The van der Waals surface area contributed by atoms with Crippen LogP contribution >= 0.6 is 15.9 Å². The van der Waals surface area contributed by atoms with Crippen molar-refractivity contribution in [2.45, 2.75) is 6.42 Å². The molecule has 0 spiro atoms. The highest BCUT2D eigenvalue weighted by molar-refractivity contribution is 9.09. The second kappa shape index (κ2) is 5.58. The smallest absolute Gasteiger partial charge is 0.322 e. The van der Waals surface area contributed by atoms with Crippen LogP contribution in [0.2, 0.25) is 0 Å². The second-order valence-electron chi connectivity index (χ2n) is 3.27. The van der Waals surface area contributed by atoms with Crippen LogP contribution in [0.4, 0.5) is 6.01 Å². The second-order valence-corrected chi connectivity index (χ2v) is 4.06. The molecule has 0 saturated carbocycles. The van der Waals surface area contributed by atoms with E-state index in [1.165, 1.54) is 0 Å². The van der Waals surface area contributed by atoms with E-state index in [4.69, 9.17) is 4.42 Å². The van der Waals surface area contributed by atoms with Gasteiger partial charge in [0.15, 0.2) is 0 Å². The van der Waals surface area contributed by atoms with E-state index in [-0.39, 0.29) is 11.9 Å². The lowest BCUT2D eigenvalue weighted by Gasteiger charge is -1.96. The molecule has 0 atom stereocenters. The summed E-state index contributed by atoms with van der Waals surface area (Å²) in [5.41, 5.74) is 0.820. The SMILES string of the molecule is O=C(CCBr)Nc1nnc(-c2ccccc2)o1. The number of hydrogen-bond donors (Lipinski definition) is 1.